The van der Waals surface area contributed by atoms with Gasteiger partial charge in [0.1, 0.15) is 0 Å². The van der Waals surface area contributed by atoms with Gasteiger partial charge >= 0.3 is 0 Å². The third-order valence-electron chi connectivity index (χ3n) is 3.96. The van der Waals surface area contributed by atoms with Gasteiger partial charge in [-0.15, -0.1) is 0 Å². The van der Waals surface area contributed by atoms with Crippen LogP contribution in [-0.2, 0) is 4.79 Å². The number of carbonyl (C=O) groups is 1. The fourth-order valence-electron chi connectivity index (χ4n) is 2.54. The van der Waals surface area contributed by atoms with Crippen molar-refractivity contribution in [3.8, 4) is 0 Å². The summed E-state index contributed by atoms with van der Waals surface area (Å²) in [5, 5.41) is 0. The molecular weight excluding hydrogens is 244 g/mol. The first-order valence-corrected chi connectivity index (χ1v) is 7.05. The summed E-state index contributed by atoms with van der Waals surface area (Å²) in [5.74, 6) is 0.187. The number of hydrogen-bond donors (Lipinski definition) is 0. The highest BCUT2D eigenvalue weighted by Gasteiger charge is 2.23. The molecule has 100 valence electrons. The van der Waals surface area contributed by atoms with Gasteiger partial charge in [-0.2, -0.15) is 0 Å². The Labute approximate surface area is 120 Å². The predicted octanol–water partition coefficient (Wildman–Crippen LogP) is 4.55. The van der Waals surface area contributed by atoms with E-state index in [2.05, 4.69) is 44.2 Å². The van der Waals surface area contributed by atoms with E-state index in [1.165, 1.54) is 11.1 Å². The van der Waals surface area contributed by atoms with Crippen LogP contribution in [0.1, 0.15) is 30.9 Å². The Balaban J connectivity index is 1.79. The number of carbonyl (C=O) groups excluding carboxylic acids is 1. The molecule has 0 fully saturated rings. The molecule has 0 saturated carbocycles. The number of aryl methyl sites for hydroxylation is 1. The molecule has 0 radical (unpaired) electrons. The Morgan fingerprint density at radius 2 is 1.65 bits per heavy atom. The highest BCUT2D eigenvalue weighted by atomic mass is 16.1. The number of benzene rings is 1. The maximum absolute atomic E-state index is 12.5. The summed E-state index contributed by atoms with van der Waals surface area (Å²) in [5.41, 5.74) is 6.57. The minimum absolute atomic E-state index is 0.187. The molecule has 2 aliphatic carbocycles. The molecule has 0 N–H and O–H groups in total. The smallest absolute Gasteiger partial charge is 0.189 e. The average Bonchev–Trinajstić information content (AvgIpc) is 2.41. The van der Waals surface area contributed by atoms with Crippen molar-refractivity contribution in [1.82, 2.24) is 0 Å². The molecule has 0 spiro atoms. The molecule has 0 aliphatic heterocycles. The van der Waals surface area contributed by atoms with Gasteiger partial charge in [-0.3, -0.25) is 4.79 Å². The first kappa shape index (κ1) is 12.9. The first-order chi connectivity index (χ1) is 9.65. The number of Topliss-reactive ketones (excluding diaryl/α,β-unsaturated/α-hetero) is 1. The van der Waals surface area contributed by atoms with Crippen LogP contribution in [0.25, 0.3) is 5.57 Å². The topological polar surface area (TPSA) is 17.1 Å². The quantitative estimate of drug-likeness (QED) is 0.780. The largest absolute Gasteiger partial charge is 0.289 e. The lowest BCUT2D eigenvalue weighted by molar-refractivity contribution is -0.112. The molecule has 20 heavy (non-hydrogen) atoms. The van der Waals surface area contributed by atoms with Crippen molar-refractivity contribution in [3.63, 3.8) is 0 Å². The summed E-state index contributed by atoms with van der Waals surface area (Å²) < 4.78 is 0. The maximum atomic E-state index is 12.5. The summed E-state index contributed by atoms with van der Waals surface area (Å²) >= 11 is 0. The molecule has 0 saturated heterocycles. The molecule has 1 aromatic carbocycles. The Morgan fingerprint density at radius 3 is 2.20 bits per heavy atom. The van der Waals surface area contributed by atoms with Crippen molar-refractivity contribution in [1.29, 1.82) is 0 Å². The van der Waals surface area contributed by atoms with Crippen molar-refractivity contribution in [2.75, 3.05) is 0 Å². The molecule has 3 rings (SSSR count). The second kappa shape index (κ2) is 5.09. The van der Waals surface area contributed by atoms with Gasteiger partial charge in [0.05, 0.1) is 0 Å². The highest BCUT2D eigenvalue weighted by Crippen LogP contribution is 2.34. The van der Waals surface area contributed by atoms with Crippen LogP contribution < -0.4 is 0 Å². The number of rotatable bonds is 3. The van der Waals surface area contributed by atoms with Gasteiger partial charge in [0.2, 0.25) is 0 Å². The van der Waals surface area contributed by atoms with Crippen LogP contribution in [0.3, 0.4) is 0 Å². The SMILES string of the molecule is CC1=CC=C(C(=O)C2=CC=C2c2ccc(C)cc2)CC1. The van der Waals surface area contributed by atoms with Crippen LogP contribution in [0.2, 0.25) is 0 Å². The fourth-order valence-corrected chi connectivity index (χ4v) is 2.54. The van der Waals surface area contributed by atoms with E-state index in [4.69, 9.17) is 0 Å². The Bertz CT molecular complexity index is 679. The summed E-state index contributed by atoms with van der Waals surface area (Å²) in [6.45, 7) is 4.18. The minimum atomic E-state index is 0.187. The van der Waals surface area contributed by atoms with E-state index < -0.39 is 0 Å². The summed E-state index contributed by atoms with van der Waals surface area (Å²) in [6, 6.07) is 8.34. The van der Waals surface area contributed by atoms with E-state index >= 15 is 0 Å². The molecule has 2 aliphatic rings. The zero-order chi connectivity index (χ0) is 14.1. The lowest BCUT2D eigenvalue weighted by Crippen LogP contribution is -2.13. The molecule has 1 nitrogen and oxygen atoms in total. The third kappa shape index (κ3) is 2.32. The van der Waals surface area contributed by atoms with Gasteiger partial charge in [0.25, 0.3) is 0 Å². The second-order valence-electron chi connectivity index (χ2n) is 5.56. The van der Waals surface area contributed by atoms with Crippen molar-refractivity contribution in [2.45, 2.75) is 26.7 Å². The van der Waals surface area contributed by atoms with Gasteiger partial charge in [-0.1, -0.05) is 53.6 Å². The standard InChI is InChI=1S/C19H18O/c1-13-3-7-15(8-4-13)17-11-12-18(17)19(20)16-9-5-14(2)6-10-16/h3-5,7-9,11-12H,6,10H2,1-2H3. The van der Waals surface area contributed by atoms with Gasteiger partial charge in [-0.25, -0.2) is 0 Å². The number of ketones is 1. The van der Waals surface area contributed by atoms with Gasteiger partial charge in [0.15, 0.2) is 5.78 Å². The Hall–Kier alpha value is -2.15. The van der Waals surface area contributed by atoms with Crippen LogP contribution >= 0.6 is 0 Å². The van der Waals surface area contributed by atoms with E-state index in [-0.39, 0.29) is 5.78 Å². The summed E-state index contributed by atoms with van der Waals surface area (Å²) in [6.07, 6.45) is 9.86. The van der Waals surface area contributed by atoms with Crippen LogP contribution in [0, 0.1) is 6.92 Å². The van der Waals surface area contributed by atoms with E-state index in [1.807, 2.05) is 18.2 Å². The van der Waals surface area contributed by atoms with Crippen molar-refractivity contribution in [3.05, 3.63) is 76.4 Å². The third-order valence-corrected chi connectivity index (χ3v) is 3.96. The number of hydrogen-bond acceptors (Lipinski definition) is 1. The van der Waals surface area contributed by atoms with Gasteiger partial charge in [-0.05, 0) is 43.9 Å². The van der Waals surface area contributed by atoms with E-state index in [9.17, 15) is 4.79 Å². The second-order valence-corrected chi connectivity index (χ2v) is 5.56. The Morgan fingerprint density at radius 1 is 0.900 bits per heavy atom. The van der Waals surface area contributed by atoms with E-state index in [0.29, 0.717) is 0 Å². The minimum Gasteiger partial charge on any atom is -0.289 e. The number of allylic oxidation sites excluding steroid dienone is 8. The zero-order valence-corrected chi connectivity index (χ0v) is 11.9. The fraction of sp³-hybridized carbons (Fsp3) is 0.211. The molecule has 1 aromatic rings. The molecule has 0 atom stereocenters. The Kier molecular flexibility index (Phi) is 3.27. The van der Waals surface area contributed by atoms with Gasteiger partial charge in [0, 0.05) is 11.1 Å². The maximum Gasteiger partial charge on any atom is 0.189 e. The molecule has 0 bridgehead atoms. The zero-order valence-electron chi connectivity index (χ0n) is 11.9. The van der Waals surface area contributed by atoms with E-state index in [0.717, 1.165) is 35.1 Å². The predicted molar refractivity (Wildman–Crippen MR) is 83.3 cm³/mol. The van der Waals surface area contributed by atoms with Gasteiger partial charge < -0.3 is 0 Å². The van der Waals surface area contributed by atoms with Crippen LogP contribution in [0.4, 0.5) is 0 Å². The molecule has 1 heteroatoms. The van der Waals surface area contributed by atoms with Crippen molar-refractivity contribution in [2.24, 2.45) is 0 Å². The molecule has 0 aromatic heterocycles. The average molecular weight is 262 g/mol. The molecule has 0 unspecified atom stereocenters. The molecule has 0 amide bonds. The van der Waals surface area contributed by atoms with Crippen LogP contribution in [0.15, 0.2) is 65.3 Å². The van der Waals surface area contributed by atoms with E-state index in [1.54, 1.807) is 0 Å². The van der Waals surface area contributed by atoms with Crippen molar-refractivity contribution >= 4 is 11.4 Å². The molecule has 0 heterocycles. The monoisotopic (exact) mass is 262 g/mol. The normalized spacial score (nSPS) is 17.5. The summed E-state index contributed by atoms with van der Waals surface area (Å²) in [4.78, 5) is 12.5. The first-order valence-electron chi connectivity index (χ1n) is 7.05. The summed E-state index contributed by atoms with van der Waals surface area (Å²) in [7, 11) is 0. The van der Waals surface area contributed by atoms with Crippen LogP contribution in [0.5, 0.6) is 0 Å². The lowest BCUT2D eigenvalue weighted by atomic mass is 9.83. The van der Waals surface area contributed by atoms with Crippen molar-refractivity contribution < 1.29 is 4.79 Å². The lowest BCUT2D eigenvalue weighted by Gasteiger charge is -2.20. The molecular formula is C19H18O. The highest BCUT2D eigenvalue weighted by molar-refractivity contribution is 6.21. The van der Waals surface area contributed by atoms with Crippen LogP contribution in [-0.4, -0.2) is 5.78 Å².